The van der Waals surface area contributed by atoms with E-state index in [0.717, 1.165) is 25.0 Å². The zero-order valence-corrected chi connectivity index (χ0v) is 14.3. The molecule has 1 N–H and O–H groups in total. The van der Waals surface area contributed by atoms with Crippen molar-refractivity contribution in [1.29, 1.82) is 0 Å². The second-order valence-corrected chi connectivity index (χ2v) is 6.18. The van der Waals surface area contributed by atoms with Crippen LogP contribution >= 0.6 is 0 Å². The number of amides is 1. The molecular weight excluding hydrogens is 298 g/mol. The van der Waals surface area contributed by atoms with Crippen LogP contribution in [0.15, 0.2) is 54.1 Å². The number of hydrogen-bond acceptors (Lipinski definition) is 2. The molecule has 0 saturated carbocycles. The number of carbonyl (C=O) groups excluding carboxylic acids is 1. The minimum Gasteiger partial charge on any atom is -0.497 e. The van der Waals surface area contributed by atoms with Gasteiger partial charge in [0.15, 0.2) is 0 Å². The molecule has 2 aromatic carbocycles. The fraction of sp³-hybridized carbons (Fsp3) is 0.286. The van der Waals surface area contributed by atoms with E-state index in [9.17, 15) is 4.79 Å². The summed E-state index contributed by atoms with van der Waals surface area (Å²) in [5, 5.41) is 2.91. The van der Waals surface area contributed by atoms with Gasteiger partial charge >= 0.3 is 0 Å². The summed E-state index contributed by atoms with van der Waals surface area (Å²) in [5.41, 5.74) is 6.73. The van der Waals surface area contributed by atoms with Crippen LogP contribution in [0.5, 0.6) is 5.75 Å². The van der Waals surface area contributed by atoms with E-state index in [-0.39, 0.29) is 5.91 Å². The van der Waals surface area contributed by atoms with Gasteiger partial charge in [-0.2, -0.15) is 0 Å². The minimum atomic E-state index is 0.0177. The van der Waals surface area contributed by atoms with Crippen molar-refractivity contribution >= 4 is 11.5 Å². The molecule has 0 unspecified atom stereocenters. The standard InChI is InChI=1S/C21H23NO2/c1-15(23)22-11-10-20-18(12-16-6-4-3-5-7-16)13-17-8-9-19(24-2)14-21(17)20/h3-9,14H,10-13H2,1-2H3,(H,22,23). The highest BCUT2D eigenvalue weighted by Gasteiger charge is 2.22. The first kappa shape index (κ1) is 16.3. The van der Waals surface area contributed by atoms with Crippen molar-refractivity contribution in [1.82, 2.24) is 5.32 Å². The molecule has 3 rings (SSSR count). The summed E-state index contributed by atoms with van der Waals surface area (Å²) in [6, 6.07) is 16.8. The molecule has 124 valence electrons. The summed E-state index contributed by atoms with van der Waals surface area (Å²) < 4.78 is 5.39. The summed E-state index contributed by atoms with van der Waals surface area (Å²) in [5.74, 6) is 0.899. The Labute approximate surface area is 143 Å². The maximum Gasteiger partial charge on any atom is 0.216 e. The molecule has 0 bridgehead atoms. The normalized spacial score (nSPS) is 12.9. The van der Waals surface area contributed by atoms with Gasteiger partial charge in [-0.05, 0) is 53.7 Å². The SMILES string of the molecule is COc1ccc2c(c1)C(CCNC(C)=O)=C(Cc1ccccc1)C2. The third kappa shape index (κ3) is 3.67. The van der Waals surface area contributed by atoms with E-state index >= 15 is 0 Å². The highest BCUT2D eigenvalue weighted by atomic mass is 16.5. The number of methoxy groups -OCH3 is 1. The molecule has 0 aromatic heterocycles. The number of carbonyl (C=O) groups is 1. The predicted octanol–water partition coefficient (Wildman–Crippen LogP) is 3.77. The number of hydrogen-bond donors (Lipinski definition) is 1. The van der Waals surface area contributed by atoms with Crippen LogP contribution in [0.25, 0.3) is 5.57 Å². The van der Waals surface area contributed by atoms with Crippen LogP contribution in [-0.2, 0) is 17.6 Å². The number of ether oxygens (including phenoxy) is 1. The average Bonchev–Trinajstić information content (AvgIpc) is 2.92. The first-order valence-electron chi connectivity index (χ1n) is 8.34. The fourth-order valence-corrected chi connectivity index (χ4v) is 3.33. The van der Waals surface area contributed by atoms with Gasteiger partial charge in [-0.25, -0.2) is 0 Å². The molecule has 1 aliphatic carbocycles. The van der Waals surface area contributed by atoms with Crippen LogP contribution < -0.4 is 10.1 Å². The van der Waals surface area contributed by atoms with Crippen molar-refractivity contribution < 1.29 is 9.53 Å². The molecule has 3 heteroatoms. The Morgan fingerprint density at radius 1 is 1.17 bits per heavy atom. The van der Waals surface area contributed by atoms with Crippen molar-refractivity contribution in [2.45, 2.75) is 26.2 Å². The second-order valence-electron chi connectivity index (χ2n) is 6.18. The van der Waals surface area contributed by atoms with E-state index in [2.05, 4.69) is 41.7 Å². The van der Waals surface area contributed by atoms with Crippen LogP contribution in [0.2, 0.25) is 0 Å². The van der Waals surface area contributed by atoms with E-state index in [0.29, 0.717) is 6.54 Å². The van der Waals surface area contributed by atoms with E-state index in [1.165, 1.54) is 27.8 Å². The number of fused-ring (bicyclic) bond motifs is 1. The Bertz CT molecular complexity index is 763. The topological polar surface area (TPSA) is 38.3 Å². The molecule has 1 amide bonds. The van der Waals surface area contributed by atoms with Gasteiger partial charge in [-0.1, -0.05) is 42.0 Å². The minimum absolute atomic E-state index is 0.0177. The van der Waals surface area contributed by atoms with Crippen molar-refractivity contribution in [2.75, 3.05) is 13.7 Å². The highest BCUT2D eigenvalue weighted by molar-refractivity contribution is 5.78. The molecule has 0 saturated heterocycles. The summed E-state index contributed by atoms with van der Waals surface area (Å²) in [7, 11) is 1.70. The Kier molecular flexibility index (Phi) is 4.99. The van der Waals surface area contributed by atoms with Gasteiger partial charge in [0.05, 0.1) is 7.11 Å². The highest BCUT2D eigenvalue weighted by Crippen LogP contribution is 2.38. The number of allylic oxidation sites excluding steroid dienone is 1. The van der Waals surface area contributed by atoms with Gasteiger partial charge in [0.2, 0.25) is 5.91 Å². The average molecular weight is 321 g/mol. The second kappa shape index (κ2) is 7.35. The molecule has 0 radical (unpaired) electrons. The van der Waals surface area contributed by atoms with Gasteiger partial charge in [-0.3, -0.25) is 4.79 Å². The zero-order chi connectivity index (χ0) is 16.9. The molecule has 0 fully saturated rings. The molecule has 0 atom stereocenters. The molecule has 0 heterocycles. The van der Waals surface area contributed by atoms with Gasteiger partial charge in [0, 0.05) is 13.5 Å². The summed E-state index contributed by atoms with van der Waals surface area (Å²) >= 11 is 0. The van der Waals surface area contributed by atoms with Crippen LogP contribution in [0.3, 0.4) is 0 Å². The van der Waals surface area contributed by atoms with E-state index in [4.69, 9.17) is 4.74 Å². The van der Waals surface area contributed by atoms with Gasteiger partial charge in [0.25, 0.3) is 0 Å². The zero-order valence-electron chi connectivity index (χ0n) is 14.3. The fourth-order valence-electron chi connectivity index (χ4n) is 3.33. The van der Waals surface area contributed by atoms with Crippen molar-refractivity contribution in [2.24, 2.45) is 0 Å². The number of rotatable bonds is 6. The first-order chi connectivity index (χ1) is 11.7. The van der Waals surface area contributed by atoms with Crippen molar-refractivity contribution in [3.63, 3.8) is 0 Å². The molecule has 0 spiro atoms. The van der Waals surface area contributed by atoms with Crippen LogP contribution in [0.4, 0.5) is 0 Å². The summed E-state index contributed by atoms with van der Waals surface area (Å²) in [4.78, 5) is 11.2. The third-order valence-corrected chi connectivity index (χ3v) is 4.48. The van der Waals surface area contributed by atoms with E-state index in [1.807, 2.05) is 12.1 Å². The largest absolute Gasteiger partial charge is 0.497 e. The molecule has 3 nitrogen and oxygen atoms in total. The van der Waals surface area contributed by atoms with E-state index < -0.39 is 0 Å². The Hall–Kier alpha value is -2.55. The molecular formula is C21H23NO2. The van der Waals surface area contributed by atoms with Gasteiger partial charge < -0.3 is 10.1 Å². The lowest BCUT2D eigenvalue weighted by molar-refractivity contribution is -0.118. The monoisotopic (exact) mass is 321 g/mol. The molecule has 0 aliphatic heterocycles. The third-order valence-electron chi connectivity index (χ3n) is 4.48. The smallest absolute Gasteiger partial charge is 0.216 e. The lowest BCUT2D eigenvalue weighted by Crippen LogP contribution is -2.21. The Morgan fingerprint density at radius 3 is 2.67 bits per heavy atom. The maximum atomic E-state index is 11.2. The van der Waals surface area contributed by atoms with Gasteiger partial charge in [0.1, 0.15) is 5.75 Å². The summed E-state index contributed by atoms with van der Waals surface area (Å²) in [6.07, 6.45) is 2.78. The Morgan fingerprint density at radius 2 is 1.96 bits per heavy atom. The molecule has 24 heavy (non-hydrogen) atoms. The van der Waals surface area contributed by atoms with Crippen molar-refractivity contribution in [3.8, 4) is 5.75 Å². The molecule has 1 aliphatic rings. The van der Waals surface area contributed by atoms with Gasteiger partial charge in [-0.15, -0.1) is 0 Å². The predicted molar refractivity (Wildman–Crippen MR) is 97.1 cm³/mol. The Balaban J connectivity index is 1.89. The van der Waals surface area contributed by atoms with Crippen LogP contribution in [0, 0.1) is 0 Å². The number of nitrogens with one attached hydrogen (secondary N) is 1. The van der Waals surface area contributed by atoms with Crippen molar-refractivity contribution in [3.05, 3.63) is 70.8 Å². The molecule has 2 aromatic rings. The lowest BCUT2D eigenvalue weighted by atomic mass is 9.98. The van der Waals surface area contributed by atoms with Crippen LogP contribution in [-0.4, -0.2) is 19.6 Å². The van der Waals surface area contributed by atoms with Crippen LogP contribution in [0.1, 0.15) is 30.0 Å². The lowest BCUT2D eigenvalue weighted by Gasteiger charge is -2.10. The number of benzene rings is 2. The first-order valence-corrected chi connectivity index (χ1v) is 8.34. The summed E-state index contributed by atoms with van der Waals surface area (Å²) in [6.45, 7) is 2.23. The maximum absolute atomic E-state index is 11.2. The quantitative estimate of drug-likeness (QED) is 0.879. The van der Waals surface area contributed by atoms with E-state index in [1.54, 1.807) is 14.0 Å².